The molecule has 0 saturated heterocycles. The minimum atomic E-state index is -1.62. The monoisotopic (exact) mass is 255 g/mol. The van der Waals surface area contributed by atoms with E-state index in [1.165, 1.54) is 0 Å². The summed E-state index contributed by atoms with van der Waals surface area (Å²) in [5, 5.41) is 8.56. The van der Waals surface area contributed by atoms with Gasteiger partial charge >= 0.3 is 0 Å². The van der Waals surface area contributed by atoms with Crippen molar-refractivity contribution < 1.29 is 9.16 Å². The molecule has 0 N–H and O–H groups in total. The molecule has 0 rings (SSSR count). The zero-order chi connectivity index (χ0) is 13.4. The quantitative estimate of drug-likeness (QED) is 0.397. The van der Waals surface area contributed by atoms with Gasteiger partial charge in [-0.3, -0.25) is 0 Å². The molecule has 4 heteroatoms. The molecule has 0 saturated carbocycles. The van der Waals surface area contributed by atoms with Gasteiger partial charge in [-0.2, -0.15) is 5.26 Å². The van der Waals surface area contributed by atoms with Gasteiger partial charge in [-0.25, -0.2) is 0 Å². The van der Waals surface area contributed by atoms with E-state index in [1.54, 1.807) is 0 Å². The summed E-state index contributed by atoms with van der Waals surface area (Å²) in [4.78, 5) is 0. The lowest BCUT2D eigenvalue weighted by atomic mass is 10.2. The van der Waals surface area contributed by atoms with Crippen LogP contribution in [0, 0.1) is 11.3 Å². The van der Waals surface area contributed by atoms with Crippen LogP contribution in [-0.4, -0.2) is 28.1 Å². The van der Waals surface area contributed by atoms with E-state index in [1.807, 2.05) is 18.2 Å². The van der Waals surface area contributed by atoms with Crippen LogP contribution in [0.25, 0.3) is 0 Å². The highest BCUT2D eigenvalue weighted by atomic mass is 28.4. The van der Waals surface area contributed by atoms with E-state index in [0.717, 1.165) is 0 Å². The topological polar surface area (TPSA) is 42.2 Å². The van der Waals surface area contributed by atoms with Gasteiger partial charge in [0.05, 0.1) is 32.3 Å². The van der Waals surface area contributed by atoms with Gasteiger partial charge in [-0.15, -0.1) is 0 Å². The minimum absolute atomic E-state index is 0.254. The summed E-state index contributed by atoms with van der Waals surface area (Å²) >= 11 is 0. The van der Waals surface area contributed by atoms with Gasteiger partial charge in [-0.05, 0) is 18.1 Å². The van der Waals surface area contributed by atoms with Crippen LogP contribution in [0.4, 0.5) is 0 Å². The number of nitriles is 1. The first kappa shape index (κ1) is 16.4. The molecule has 0 bridgehead atoms. The first-order valence-electron chi connectivity index (χ1n) is 6.05. The predicted molar refractivity (Wildman–Crippen MR) is 73.3 cm³/mol. The van der Waals surface area contributed by atoms with E-state index in [2.05, 4.69) is 33.9 Å². The van der Waals surface area contributed by atoms with Crippen molar-refractivity contribution >= 4 is 8.32 Å². The molecule has 0 amide bonds. The second-order valence-corrected chi connectivity index (χ2v) is 10.3. The fourth-order valence-electron chi connectivity index (χ4n) is 0.878. The van der Waals surface area contributed by atoms with Gasteiger partial charge in [-0.1, -0.05) is 32.9 Å². The van der Waals surface area contributed by atoms with Gasteiger partial charge in [0.15, 0.2) is 8.32 Å². The molecule has 0 aromatic carbocycles. The van der Waals surface area contributed by atoms with E-state index in [0.29, 0.717) is 26.2 Å². The third kappa shape index (κ3) is 7.32. The summed E-state index contributed by atoms with van der Waals surface area (Å²) in [6.45, 7) is 12.9. The van der Waals surface area contributed by atoms with Crippen LogP contribution < -0.4 is 0 Å². The normalized spacial score (nSPS) is 12.9. The molecule has 0 aromatic rings. The smallest absolute Gasteiger partial charge is 0.192 e. The Morgan fingerprint density at radius 3 is 2.29 bits per heavy atom. The van der Waals surface area contributed by atoms with E-state index < -0.39 is 8.32 Å². The van der Waals surface area contributed by atoms with Crippen LogP contribution in [0.3, 0.4) is 0 Å². The maximum Gasteiger partial charge on any atom is 0.192 e. The molecule has 0 spiro atoms. The predicted octanol–water partition coefficient (Wildman–Crippen LogP) is 3.49. The Hall–Kier alpha value is -0.633. The summed E-state index contributed by atoms with van der Waals surface area (Å²) in [7, 11) is -1.62. The van der Waals surface area contributed by atoms with Gasteiger partial charge in [0.25, 0.3) is 0 Å². The van der Waals surface area contributed by atoms with Crippen LogP contribution in [0.1, 0.15) is 27.2 Å². The summed E-state index contributed by atoms with van der Waals surface area (Å²) in [5.74, 6) is 0. The van der Waals surface area contributed by atoms with Crippen LogP contribution in [0.15, 0.2) is 12.2 Å². The molecule has 0 heterocycles. The lowest BCUT2D eigenvalue weighted by molar-refractivity contribution is 0.168. The van der Waals surface area contributed by atoms with Crippen molar-refractivity contribution in [3.63, 3.8) is 0 Å². The Labute approximate surface area is 107 Å². The molecule has 0 radical (unpaired) electrons. The molecule has 0 atom stereocenters. The van der Waals surface area contributed by atoms with Crippen LogP contribution in [0.2, 0.25) is 18.1 Å². The van der Waals surface area contributed by atoms with Crippen LogP contribution in [0.5, 0.6) is 0 Å². The van der Waals surface area contributed by atoms with E-state index in [-0.39, 0.29) is 5.04 Å². The first-order valence-corrected chi connectivity index (χ1v) is 8.96. The molecular weight excluding hydrogens is 230 g/mol. The number of hydrogen-bond acceptors (Lipinski definition) is 3. The molecule has 3 nitrogen and oxygen atoms in total. The fourth-order valence-corrected chi connectivity index (χ4v) is 1.82. The van der Waals surface area contributed by atoms with Crippen molar-refractivity contribution in [2.75, 3.05) is 19.8 Å². The molecule has 0 fully saturated rings. The Balaban J connectivity index is 3.70. The third-order valence-electron chi connectivity index (χ3n) is 3.09. The van der Waals surface area contributed by atoms with E-state index in [4.69, 9.17) is 14.4 Å². The molecular formula is C13H25NO2Si. The maximum absolute atomic E-state index is 8.31. The fraction of sp³-hybridized carbons (Fsp3) is 0.769. The second-order valence-electron chi connectivity index (χ2n) is 5.53. The average molecular weight is 255 g/mol. The van der Waals surface area contributed by atoms with Crippen LogP contribution >= 0.6 is 0 Å². The zero-order valence-corrected chi connectivity index (χ0v) is 12.7. The average Bonchev–Trinajstić information content (AvgIpc) is 2.20. The molecule has 0 aliphatic carbocycles. The SMILES string of the molecule is CC(C)(C)[Si](C)(C)OCC=CCOCCC#N. The highest BCUT2D eigenvalue weighted by Crippen LogP contribution is 2.36. The van der Waals surface area contributed by atoms with Crippen molar-refractivity contribution in [1.82, 2.24) is 0 Å². The molecule has 98 valence electrons. The molecule has 0 aliphatic rings. The highest BCUT2D eigenvalue weighted by Gasteiger charge is 2.36. The number of rotatable bonds is 7. The minimum Gasteiger partial charge on any atom is -0.413 e. The lowest BCUT2D eigenvalue weighted by Gasteiger charge is -2.35. The number of nitrogens with zero attached hydrogens (tertiary/aromatic N) is 1. The largest absolute Gasteiger partial charge is 0.413 e. The lowest BCUT2D eigenvalue weighted by Crippen LogP contribution is -2.40. The van der Waals surface area contributed by atoms with Crippen molar-refractivity contribution in [2.24, 2.45) is 0 Å². The second kappa shape index (κ2) is 7.65. The van der Waals surface area contributed by atoms with Crippen molar-refractivity contribution in [2.45, 2.75) is 45.3 Å². The Morgan fingerprint density at radius 1 is 1.18 bits per heavy atom. The van der Waals surface area contributed by atoms with Crippen molar-refractivity contribution in [1.29, 1.82) is 5.26 Å². The van der Waals surface area contributed by atoms with Crippen molar-refractivity contribution in [3.05, 3.63) is 12.2 Å². The first-order chi connectivity index (χ1) is 7.81. The molecule has 17 heavy (non-hydrogen) atoms. The molecule has 0 aliphatic heterocycles. The summed E-state index contributed by atoms with van der Waals surface area (Å²) < 4.78 is 11.2. The third-order valence-corrected chi connectivity index (χ3v) is 7.59. The Morgan fingerprint density at radius 2 is 1.76 bits per heavy atom. The maximum atomic E-state index is 8.31. The number of ether oxygens (including phenoxy) is 1. The number of hydrogen-bond donors (Lipinski definition) is 0. The van der Waals surface area contributed by atoms with Gasteiger partial charge in [0, 0.05) is 0 Å². The van der Waals surface area contributed by atoms with Crippen molar-refractivity contribution in [3.8, 4) is 6.07 Å². The summed E-state index contributed by atoms with van der Waals surface area (Å²) in [6.07, 6.45) is 4.39. The van der Waals surface area contributed by atoms with E-state index >= 15 is 0 Å². The molecule has 0 aromatic heterocycles. The van der Waals surface area contributed by atoms with Crippen LogP contribution in [-0.2, 0) is 9.16 Å². The zero-order valence-electron chi connectivity index (χ0n) is 11.7. The van der Waals surface area contributed by atoms with E-state index in [9.17, 15) is 0 Å². The standard InChI is InChI=1S/C13H25NO2Si/c1-13(2,3)17(4,5)16-12-7-6-10-15-11-8-9-14/h6-7H,8,10-12H2,1-5H3. The Bertz CT molecular complexity index is 274. The molecule has 0 unspecified atom stereocenters. The summed E-state index contributed by atoms with van der Waals surface area (Å²) in [6, 6.07) is 2.04. The highest BCUT2D eigenvalue weighted by molar-refractivity contribution is 6.74. The van der Waals surface area contributed by atoms with Gasteiger partial charge in [0.2, 0.25) is 0 Å². The Kier molecular flexibility index (Phi) is 7.36. The van der Waals surface area contributed by atoms with Gasteiger partial charge < -0.3 is 9.16 Å². The summed E-state index contributed by atoms with van der Waals surface area (Å²) in [5.41, 5.74) is 0. The van der Waals surface area contributed by atoms with Gasteiger partial charge in [0.1, 0.15) is 0 Å².